The summed E-state index contributed by atoms with van der Waals surface area (Å²) in [5.41, 5.74) is -0.933. The lowest BCUT2D eigenvalue weighted by molar-refractivity contribution is -0.137. The number of rotatable bonds is 7. The second-order valence-electron chi connectivity index (χ2n) is 8.82. The Kier molecular flexibility index (Phi) is 7.40. The van der Waals surface area contributed by atoms with Crippen LogP contribution < -0.4 is 9.64 Å². The molecule has 194 valence electrons. The van der Waals surface area contributed by atoms with Crippen LogP contribution in [-0.2, 0) is 16.0 Å². The first-order valence-electron chi connectivity index (χ1n) is 11.7. The van der Waals surface area contributed by atoms with Gasteiger partial charge in [0, 0.05) is 18.5 Å². The largest absolute Gasteiger partial charge is 0.496 e. The summed E-state index contributed by atoms with van der Waals surface area (Å²) in [5, 5.41) is -0.106. The maximum absolute atomic E-state index is 14.8. The molecule has 6 nitrogen and oxygen atoms in total. The van der Waals surface area contributed by atoms with E-state index in [4.69, 9.17) is 4.74 Å². The first-order chi connectivity index (χ1) is 17.0. The zero-order chi connectivity index (χ0) is 26.1. The van der Waals surface area contributed by atoms with Crippen molar-refractivity contribution in [1.29, 1.82) is 0 Å². The van der Waals surface area contributed by atoms with Gasteiger partial charge in [0.2, 0.25) is 0 Å². The van der Waals surface area contributed by atoms with Gasteiger partial charge in [-0.15, -0.1) is 0 Å². The molecule has 0 aliphatic carbocycles. The number of anilines is 1. The van der Waals surface area contributed by atoms with Crippen LogP contribution in [0.15, 0.2) is 36.4 Å². The molecule has 1 aliphatic rings. The highest BCUT2D eigenvalue weighted by Crippen LogP contribution is 2.37. The lowest BCUT2D eigenvalue weighted by atomic mass is 10.1. The van der Waals surface area contributed by atoms with Gasteiger partial charge in [-0.05, 0) is 49.6 Å². The summed E-state index contributed by atoms with van der Waals surface area (Å²) in [5.74, 6) is -0.162. The lowest BCUT2D eigenvalue weighted by Gasteiger charge is -2.33. The number of hydrogen-bond donors (Lipinski definition) is 0. The number of methoxy groups -OCH3 is 1. The average Bonchev–Trinajstić information content (AvgIpc) is 2.85. The molecular formula is C25H27F4N3O3S. The third kappa shape index (κ3) is 5.25. The van der Waals surface area contributed by atoms with E-state index in [0.717, 1.165) is 18.6 Å². The van der Waals surface area contributed by atoms with Crippen LogP contribution in [0.3, 0.4) is 0 Å². The van der Waals surface area contributed by atoms with Crippen LogP contribution in [0.5, 0.6) is 5.75 Å². The highest BCUT2D eigenvalue weighted by Gasteiger charge is 2.33. The second kappa shape index (κ2) is 10.2. The average molecular weight is 526 g/mol. The van der Waals surface area contributed by atoms with E-state index in [9.17, 15) is 26.0 Å². The van der Waals surface area contributed by atoms with Gasteiger partial charge in [0.05, 0.1) is 34.8 Å². The van der Waals surface area contributed by atoms with Crippen LogP contribution in [0.4, 0.5) is 23.4 Å². The van der Waals surface area contributed by atoms with Crippen molar-refractivity contribution in [1.82, 2.24) is 9.97 Å². The van der Waals surface area contributed by atoms with E-state index in [1.165, 1.54) is 31.4 Å². The minimum absolute atomic E-state index is 0.00724. The van der Waals surface area contributed by atoms with Crippen molar-refractivity contribution < 1.29 is 30.7 Å². The van der Waals surface area contributed by atoms with E-state index in [-0.39, 0.29) is 28.4 Å². The maximum atomic E-state index is 14.8. The lowest BCUT2D eigenvalue weighted by Crippen LogP contribution is -2.40. The predicted molar refractivity (Wildman–Crippen MR) is 130 cm³/mol. The molecular weight excluding hydrogens is 498 g/mol. The van der Waals surface area contributed by atoms with Crippen LogP contribution in [0.2, 0.25) is 0 Å². The molecule has 0 saturated carbocycles. The van der Waals surface area contributed by atoms with Crippen molar-refractivity contribution in [3.05, 3.63) is 47.8 Å². The molecule has 2 aromatic carbocycles. The number of ether oxygens (including phenoxy) is 1. The van der Waals surface area contributed by atoms with Gasteiger partial charge in [-0.25, -0.2) is 22.8 Å². The standard InChI is InChI=1S/C25H27F4N3O3S/c1-3-4-14-36(33,34)17-10-12-32(13-11-17)24-18-9-8-16(25(27,28)29)15-20(18)30-23(31-24)22-19(26)6-5-7-21(22)35-2/h5-9,15,17H,3-4,10-14H2,1-2H3. The molecule has 0 amide bonds. The minimum Gasteiger partial charge on any atom is -0.496 e. The highest BCUT2D eigenvalue weighted by molar-refractivity contribution is 7.92. The van der Waals surface area contributed by atoms with Crippen molar-refractivity contribution >= 4 is 26.6 Å². The zero-order valence-electron chi connectivity index (χ0n) is 20.0. The summed E-state index contributed by atoms with van der Waals surface area (Å²) in [4.78, 5) is 10.7. The Bertz CT molecular complexity index is 1350. The Hall–Kier alpha value is -2.95. The number of aromatic nitrogens is 2. The summed E-state index contributed by atoms with van der Waals surface area (Å²) in [6.45, 7) is 2.62. The van der Waals surface area contributed by atoms with E-state index in [0.29, 0.717) is 43.6 Å². The fourth-order valence-corrected chi connectivity index (χ4v) is 6.43. The van der Waals surface area contributed by atoms with Crippen molar-refractivity contribution in [2.75, 3.05) is 30.9 Å². The molecule has 1 aromatic heterocycles. The monoisotopic (exact) mass is 525 g/mol. The van der Waals surface area contributed by atoms with Crippen LogP contribution in [0, 0.1) is 5.82 Å². The molecule has 0 N–H and O–H groups in total. The molecule has 4 rings (SSSR count). The molecule has 1 saturated heterocycles. The molecule has 11 heteroatoms. The van der Waals surface area contributed by atoms with Crippen molar-refractivity contribution in [3.8, 4) is 17.1 Å². The summed E-state index contributed by atoms with van der Waals surface area (Å²) >= 11 is 0. The first kappa shape index (κ1) is 26.1. The Labute approximate surface area is 207 Å². The number of unbranched alkanes of at least 4 members (excludes halogenated alkanes) is 1. The van der Waals surface area contributed by atoms with Crippen LogP contribution in [0.25, 0.3) is 22.3 Å². The van der Waals surface area contributed by atoms with Gasteiger partial charge in [-0.2, -0.15) is 13.2 Å². The van der Waals surface area contributed by atoms with Gasteiger partial charge in [-0.3, -0.25) is 0 Å². The quantitative estimate of drug-likeness (QED) is 0.372. The van der Waals surface area contributed by atoms with Gasteiger partial charge >= 0.3 is 6.18 Å². The molecule has 0 atom stereocenters. The Morgan fingerprint density at radius 2 is 1.83 bits per heavy atom. The van der Waals surface area contributed by atoms with Gasteiger partial charge in [0.25, 0.3) is 0 Å². The topological polar surface area (TPSA) is 72.4 Å². The number of nitrogens with zero attached hydrogens (tertiary/aromatic N) is 3. The normalized spacial score (nSPS) is 15.4. The summed E-state index contributed by atoms with van der Waals surface area (Å²) in [6, 6.07) is 7.35. The summed E-state index contributed by atoms with van der Waals surface area (Å²) < 4.78 is 85.7. The number of sulfone groups is 1. The van der Waals surface area contributed by atoms with Crippen LogP contribution in [0.1, 0.15) is 38.2 Å². The number of alkyl halides is 3. The SMILES string of the molecule is CCCCS(=O)(=O)C1CCN(c2nc(-c3c(F)cccc3OC)nc3cc(C(F)(F)F)ccc23)CC1. The molecule has 1 aliphatic heterocycles. The van der Waals surface area contributed by atoms with Crippen LogP contribution >= 0.6 is 0 Å². The van der Waals surface area contributed by atoms with Gasteiger partial charge < -0.3 is 9.64 Å². The molecule has 0 unspecified atom stereocenters. The van der Waals surface area contributed by atoms with E-state index >= 15 is 0 Å². The zero-order valence-corrected chi connectivity index (χ0v) is 20.8. The highest BCUT2D eigenvalue weighted by atomic mass is 32.2. The Morgan fingerprint density at radius 1 is 1.11 bits per heavy atom. The van der Waals surface area contributed by atoms with Crippen LogP contribution in [-0.4, -0.2) is 49.6 Å². The fraction of sp³-hybridized carbons (Fsp3) is 0.440. The Balaban J connectivity index is 1.79. The van der Waals surface area contributed by atoms with Gasteiger partial charge in [0.15, 0.2) is 15.7 Å². The van der Waals surface area contributed by atoms with Gasteiger partial charge in [-0.1, -0.05) is 19.4 Å². The predicted octanol–water partition coefficient (Wildman–Crippen LogP) is 5.65. The number of hydrogen-bond acceptors (Lipinski definition) is 6. The number of fused-ring (bicyclic) bond motifs is 1. The third-order valence-electron chi connectivity index (χ3n) is 6.45. The van der Waals surface area contributed by atoms with E-state index < -0.39 is 32.6 Å². The summed E-state index contributed by atoms with van der Waals surface area (Å²) in [7, 11) is -1.88. The summed E-state index contributed by atoms with van der Waals surface area (Å²) in [6.07, 6.45) is -2.45. The van der Waals surface area contributed by atoms with E-state index in [1.807, 2.05) is 11.8 Å². The van der Waals surface area contributed by atoms with Crippen molar-refractivity contribution in [3.63, 3.8) is 0 Å². The molecule has 1 fully saturated rings. The molecule has 0 radical (unpaired) electrons. The molecule has 2 heterocycles. The molecule has 0 spiro atoms. The Morgan fingerprint density at radius 3 is 2.47 bits per heavy atom. The van der Waals surface area contributed by atoms with E-state index in [1.54, 1.807) is 0 Å². The number of halogens is 4. The smallest absolute Gasteiger partial charge is 0.416 e. The number of piperidine rings is 1. The number of benzene rings is 2. The second-order valence-corrected chi connectivity index (χ2v) is 11.2. The maximum Gasteiger partial charge on any atom is 0.416 e. The fourth-order valence-electron chi connectivity index (χ4n) is 4.47. The molecule has 0 bridgehead atoms. The van der Waals surface area contributed by atoms with Crippen molar-refractivity contribution in [2.24, 2.45) is 0 Å². The van der Waals surface area contributed by atoms with Gasteiger partial charge in [0.1, 0.15) is 17.4 Å². The van der Waals surface area contributed by atoms with E-state index in [2.05, 4.69) is 9.97 Å². The third-order valence-corrected chi connectivity index (χ3v) is 8.80. The minimum atomic E-state index is -4.58. The first-order valence-corrected chi connectivity index (χ1v) is 13.4. The van der Waals surface area contributed by atoms with Crippen molar-refractivity contribution in [2.45, 2.75) is 44.0 Å². The molecule has 36 heavy (non-hydrogen) atoms. The molecule has 3 aromatic rings.